The molecule has 4 N–H and O–H groups in total. The number of rotatable bonds is 13. The monoisotopic (exact) mass is 780 g/mol. The lowest BCUT2D eigenvalue weighted by molar-refractivity contribution is -0.138. The molecule has 2 fully saturated rings. The number of amides is 3. The Morgan fingerprint density at radius 3 is 1.77 bits per heavy atom. The predicted molar refractivity (Wildman–Crippen MR) is 217 cm³/mol. The van der Waals surface area contributed by atoms with Gasteiger partial charge in [0, 0.05) is 13.1 Å². The van der Waals surface area contributed by atoms with Crippen molar-refractivity contribution in [3.05, 3.63) is 72.6 Å². The van der Waals surface area contributed by atoms with E-state index in [9.17, 15) is 19.2 Å². The number of H-pyrrole nitrogens is 2. The van der Waals surface area contributed by atoms with Crippen LogP contribution >= 0.6 is 0 Å². The number of ether oxygens (including phenoxy) is 2. The Kier molecular flexibility index (Phi) is 11.9. The summed E-state index contributed by atoms with van der Waals surface area (Å²) < 4.78 is 9.63. The molecule has 2 aromatic heterocycles. The number of carbonyl (C=O) groups is 4. The number of aldehydes is 1. The van der Waals surface area contributed by atoms with Gasteiger partial charge in [-0.3, -0.25) is 9.69 Å². The lowest BCUT2D eigenvalue weighted by Crippen LogP contribution is -2.62. The van der Waals surface area contributed by atoms with Crippen molar-refractivity contribution in [3.8, 4) is 33.6 Å². The molecule has 0 saturated carbocycles. The van der Waals surface area contributed by atoms with Crippen molar-refractivity contribution in [3.63, 3.8) is 0 Å². The lowest BCUT2D eigenvalue weighted by atomic mass is 9.85. The van der Waals surface area contributed by atoms with Gasteiger partial charge in [-0.2, -0.15) is 0 Å². The normalized spacial score (nSPS) is 21.3. The van der Waals surface area contributed by atoms with Gasteiger partial charge < -0.3 is 39.8 Å². The fourth-order valence-electron chi connectivity index (χ4n) is 8.26. The van der Waals surface area contributed by atoms with E-state index < -0.39 is 34.8 Å². The number of methoxy groups -OCH3 is 2. The van der Waals surface area contributed by atoms with Gasteiger partial charge in [0.25, 0.3) is 0 Å². The summed E-state index contributed by atoms with van der Waals surface area (Å²) in [6, 6.07) is 15.9. The maximum Gasteiger partial charge on any atom is 0.407 e. The summed E-state index contributed by atoms with van der Waals surface area (Å²) in [7, 11) is 2.59. The van der Waals surface area contributed by atoms with Gasteiger partial charge >= 0.3 is 12.2 Å². The molecule has 6 rings (SSSR count). The first-order chi connectivity index (χ1) is 27.2. The molecule has 0 aliphatic carbocycles. The Hall–Kier alpha value is -5.50. The van der Waals surface area contributed by atoms with Crippen molar-refractivity contribution in [2.45, 2.75) is 89.9 Å². The van der Waals surface area contributed by atoms with Crippen LogP contribution in [0.15, 0.2) is 60.9 Å². The summed E-state index contributed by atoms with van der Waals surface area (Å²) in [4.78, 5) is 71.1. The molecule has 4 unspecified atom stereocenters. The number of aromatic nitrogens is 4. The van der Waals surface area contributed by atoms with Gasteiger partial charge in [-0.1, -0.05) is 76.2 Å². The van der Waals surface area contributed by atoms with Gasteiger partial charge in [0.2, 0.25) is 5.91 Å². The second-order valence-electron chi connectivity index (χ2n) is 16.4. The number of hydrogen-bond donors (Lipinski definition) is 4. The van der Waals surface area contributed by atoms with E-state index in [0.29, 0.717) is 18.9 Å². The minimum Gasteiger partial charge on any atom is -0.453 e. The first kappa shape index (κ1) is 41.1. The highest BCUT2D eigenvalue weighted by Gasteiger charge is 2.48. The zero-order valence-corrected chi connectivity index (χ0v) is 34.3. The highest BCUT2D eigenvalue weighted by molar-refractivity contribution is 5.87. The minimum atomic E-state index is -1.11. The quantitative estimate of drug-likeness (QED) is 0.109. The molecule has 4 heterocycles. The smallest absolute Gasteiger partial charge is 0.407 e. The fourth-order valence-corrected chi connectivity index (χ4v) is 8.26. The van der Waals surface area contributed by atoms with Crippen molar-refractivity contribution in [2.75, 3.05) is 33.9 Å². The number of hydrogen-bond acceptors (Lipinski definition) is 9. The largest absolute Gasteiger partial charge is 0.453 e. The van der Waals surface area contributed by atoms with Crippen LogP contribution in [0.2, 0.25) is 0 Å². The van der Waals surface area contributed by atoms with Crippen LogP contribution in [0.3, 0.4) is 0 Å². The van der Waals surface area contributed by atoms with Crippen molar-refractivity contribution in [1.29, 1.82) is 0 Å². The van der Waals surface area contributed by atoms with E-state index in [0.717, 1.165) is 78.0 Å². The molecule has 304 valence electrons. The summed E-state index contributed by atoms with van der Waals surface area (Å²) in [5.41, 5.74) is 3.63. The third-order valence-electron chi connectivity index (χ3n) is 12.2. The number of alkyl carbamates (subject to hydrolysis) is 2. The SMILES string of the molecule is COC(=O)NC(C(=O)N1CCCC1(C)c1ncc(-c2ccc(-c3ccc(-c4cnc(C5(C)CCCN5CC(C=O)(NC(=O)OC)C(C)C)[nH]4)cc3)cc2)[nH]1)C(C)C. The molecule has 0 spiro atoms. The standard InChI is InChI=1S/C43H56N8O6/c1-27(2)35(48-39(54)56-7)36(53)51-22-10-20-42(51,6)38-45-24-34(47-38)32-17-13-30(14-18-32)29-11-15-31(16-12-29)33-23-44-37(46-33)41(5)19-9-21-50(41)25-43(26-52,28(3)4)49-40(55)57-8/h11-18,23-24,26-28,35H,9-10,19-22,25H2,1-8H3,(H,44,46)(H,45,47)(H,48,54)(H,49,55). The molecule has 0 radical (unpaired) electrons. The van der Waals surface area contributed by atoms with Gasteiger partial charge in [0.05, 0.1) is 49.1 Å². The molecule has 2 aromatic carbocycles. The Morgan fingerprint density at radius 2 is 1.28 bits per heavy atom. The first-order valence-electron chi connectivity index (χ1n) is 19.7. The third-order valence-corrected chi connectivity index (χ3v) is 12.2. The van der Waals surface area contributed by atoms with Gasteiger partial charge in [-0.25, -0.2) is 19.6 Å². The zero-order chi connectivity index (χ0) is 41.1. The Bertz CT molecular complexity index is 2060. The topological polar surface area (TPSA) is 175 Å². The average Bonchev–Trinajstić information content (AvgIpc) is 4.04. The van der Waals surface area contributed by atoms with Gasteiger partial charge in [-0.05, 0) is 80.2 Å². The molecule has 57 heavy (non-hydrogen) atoms. The van der Waals surface area contributed by atoms with Crippen LogP contribution in [0, 0.1) is 11.8 Å². The van der Waals surface area contributed by atoms with E-state index in [-0.39, 0.29) is 17.7 Å². The summed E-state index contributed by atoms with van der Waals surface area (Å²) in [6.07, 6.45) is 6.59. The molecule has 4 aromatic rings. The van der Waals surface area contributed by atoms with Crippen LogP contribution < -0.4 is 10.6 Å². The zero-order valence-electron chi connectivity index (χ0n) is 34.3. The van der Waals surface area contributed by atoms with Crippen LogP contribution in [0.25, 0.3) is 33.6 Å². The molecule has 14 heteroatoms. The number of likely N-dealkylation sites (tertiary alicyclic amines) is 2. The van der Waals surface area contributed by atoms with Gasteiger partial charge in [0.15, 0.2) is 0 Å². The maximum absolute atomic E-state index is 13.7. The third kappa shape index (κ3) is 8.05. The summed E-state index contributed by atoms with van der Waals surface area (Å²) in [6.45, 7) is 13.5. The summed E-state index contributed by atoms with van der Waals surface area (Å²) >= 11 is 0. The van der Waals surface area contributed by atoms with Crippen molar-refractivity contribution in [1.82, 2.24) is 40.4 Å². The predicted octanol–water partition coefficient (Wildman–Crippen LogP) is 6.61. The minimum absolute atomic E-state index is 0.120. The number of nitrogens with one attached hydrogen (secondary N) is 4. The number of imidazole rings is 2. The highest BCUT2D eigenvalue weighted by atomic mass is 16.5. The van der Waals surface area contributed by atoms with Crippen LogP contribution in [0.1, 0.15) is 78.9 Å². The van der Waals surface area contributed by atoms with E-state index in [1.807, 2.05) is 51.9 Å². The second-order valence-corrected chi connectivity index (χ2v) is 16.4. The molecule has 0 bridgehead atoms. The second kappa shape index (κ2) is 16.5. The lowest BCUT2D eigenvalue weighted by Gasteiger charge is -2.41. The van der Waals surface area contributed by atoms with Crippen molar-refractivity contribution >= 4 is 24.4 Å². The number of benzene rings is 2. The van der Waals surface area contributed by atoms with Gasteiger partial charge in [0.1, 0.15) is 29.5 Å². The van der Waals surface area contributed by atoms with Crippen LogP contribution in [0.4, 0.5) is 9.59 Å². The van der Waals surface area contributed by atoms with E-state index in [1.165, 1.54) is 14.2 Å². The Balaban J connectivity index is 1.14. The molecular formula is C43H56N8O6. The molecule has 2 saturated heterocycles. The number of carbonyl (C=O) groups excluding carboxylic acids is 4. The average molecular weight is 781 g/mol. The number of nitrogens with zero attached hydrogens (tertiary/aromatic N) is 4. The first-order valence-corrected chi connectivity index (χ1v) is 19.7. The number of aromatic amines is 2. The van der Waals surface area contributed by atoms with E-state index in [2.05, 4.69) is 81.0 Å². The molecule has 2 aliphatic heterocycles. The van der Waals surface area contributed by atoms with Crippen molar-refractivity contribution < 1.29 is 28.7 Å². The highest BCUT2D eigenvalue weighted by Crippen LogP contribution is 2.41. The fraction of sp³-hybridized carbons (Fsp3) is 0.488. The molecule has 4 atom stereocenters. The van der Waals surface area contributed by atoms with Crippen LogP contribution in [0.5, 0.6) is 0 Å². The maximum atomic E-state index is 13.7. The molecule has 14 nitrogen and oxygen atoms in total. The van der Waals surface area contributed by atoms with Crippen molar-refractivity contribution in [2.24, 2.45) is 11.8 Å². The Labute approximate surface area is 334 Å². The molecule has 2 aliphatic rings. The molecule has 3 amide bonds. The van der Waals surface area contributed by atoms with Crippen LogP contribution in [-0.2, 0) is 30.1 Å². The van der Waals surface area contributed by atoms with E-state index in [4.69, 9.17) is 19.4 Å². The molecular weight excluding hydrogens is 725 g/mol. The van der Waals surface area contributed by atoms with E-state index in [1.54, 1.807) is 0 Å². The van der Waals surface area contributed by atoms with Gasteiger partial charge in [-0.15, -0.1) is 0 Å². The van der Waals surface area contributed by atoms with Crippen LogP contribution in [-0.4, -0.2) is 99.6 Å². The van der Waals surface area contributed by atoms with E-state index >= 15 is 0 Å². The Morgan fingerprint density at radius 1 is 0.789 bits per heavy atom. The summed E-state index contributed by atoms with van der Waals surface area (Å²) in [5, 5.41) is 5.52. The summed E-state index contributed by atoms with van der Waals surface area (Å²) in [5.74, 6) is 1.10.